The molecule has 2 rings (SSSR count). The molecular formula is C20H21N3O4. The number of nitro groups is 1. The van der Waals surface area contributed by atoms with Crippen molar-refractivity contribution in [2.75, 3.05) is 19.4 Å². The van der Waals surface area contributed by atoms with Gasteiger partial charge in [-0.2, -0.15) is 0 Å². The fraction of sp³-hybridized carbons (Fsp3) is 0.200. The van der Waals surface area contributed by atoms with E-state index in [-0.39, 0.29) is 17.5 Å². The zero-order valence-electron chi connectivity index (χ0n) is 15.2. The normalized spacial score (nSPS) is 10.6. The molecule has 7 nitrogen and oxygen atoms in total. The number of non-ortho nitro benzene ring substituents is 1. The largest absolute Gasteiger partial charge is 0.349 e. The number of hydrogen-bond donors (Lipinski definition) is 1. The Kier molecular flexibility index (Phi) is 6.82. The molecule has 0 unspecified atom stereocenters. The van der Waals surface area contributed by atoms with Crippen molar-refractivity contribution in [2.45, 2.75) is 12.8 Å². The summed E-state index contributed by atoms with van der Waals surface area (Å²) in [6.45, 7) is 0. The van der Waals surface area contributed by atoms with Crippen LogP contribution in [0.4, 0.5) is 11.4 Å². The van der Waals surface area contributed by atoms with Crippen LogP contribution in [0, 0.1) is 10.1 Å². The number of nitrogens with one attached hydrogen (secondary N) is 1. The lowest BCUT2D eigenvalue weighted by Crippen LogP contribution is -2.21. The number of amides is 2. The Hall–Kier alpha value is -3.48. The summed E-state index contributed by atoms with van der Waals surface area (Å²) in [5.41, 5.74) is 2.18. The third-order valence-electron chi connectivity index (χ3n) is 3.86. The van der Waals surface area contributed by atoms with E-state index in [2.05, 4.69) is 5.32 Å². The standard InChI is InChI=1S/C20H21N3O4/c1-22(2)20(25)13-9-15-6-10-17(11-7-15)21-19(24)12-8-16-4-3-5-18(14-16)23(26)27/h3-8,10-12,14H,9,13H2,1-2H3,(H,21,24)/b12-8+. The first-order chi connectivity index (χ1) is 12.8. The fourth-order valence-electron chi connectivity index (χ4n) is 2.33. The number of nitro benzene ring substituents is 1. The highest BCUT2D eigenvalue weighted by Gasteiger charge is 2.06. The van der Waals surface area contributed by atoms with Gasteiger partial charge in [0.15, 0.2) is 0 Å². The molecule has 1 N–H and O–H groups in total. The number of benzene rings is 2. The zero-order chi connectivity index (χ0) is 19.8. The van der Waals surface area contributed by atoms with E-state index in [1.807, 2.05) is 12.1 Å². The van der Waals surface area contributed by atoms with Crippen molar-refractivity contribution in [1.82, 2.24) is 4.90 Å². The van der Waals surface area contributed by atoms with Crippen LogP contribution in [0.5, 0.6) is 0 Å². The predicted octanol–water partition coefficient (Wildman–Crippen LogP) is 3.27. The molecule has 140 valence electrons. The van der Waals surface area contributed by atoms with Crippen LogP contribution in [0.3, 0.4) is 0 Å². The molecule has 0 radical (unpaired) electrons. The van der Waals surface area contributed by atoms with Gasteiger partial charge in [0, 0.05) is 44.4 Å². The Morgan fingerprint density at radius 2 is 1.85 bits per heavy atom. The smallest absolute Gasteiger partial charge is 0.270 e. The summed E-state index contributed by atoms with van der Waals surface area (Å²) in [7, 11) is 3.45. The van der Waals surface area contributed by atoms with Crippen molar-refractivity contribution in [3.63, 3.8) is 0 Å². The summed E-state index contributed by atoms with van der Waals surface area (Å²) in [6, 6.07) is 13.3. The molecule has 2 aromatic rings. The molecule has 2 amide bonds. The minimum atomic E-state index is -0.481. The minimum absolute atomic E-state index is 0.0269. The lowest BCUT2D eigenvalue weighted by molar-refractivity contribution is -0.384. The Morgan fingerprint density at radius 3 is 2.48 bits per heavy atom. The molecule has 0 fully saturated rings. The minimum Gasteiger partial charge on any atom is -0.349 e. The molecular weight excluding hydrogens is 346 g/mol. The van der Waals surface area contributed by atoms with Crippen LogP contribution in [-0.2, 0) is 16.0 Å². The summed E-state index contributed by atoms with van der Waals surface area (Å²) in [4.78, 5) is 35.4. The van der Waals surface area contributed by atoms with Crippen LogP contribution in [0.15, 0.2) is 54.6 Å². The van der Waals surface area contributed by atoms with Gasteiger partial charge in [-0.25, -0.2) is 0 Å². The van der Waals surface area contributed by atoms with Crippen LogP contribution >= 0.6 is 0 Å². The first kappa shape index (κ1) is 19.8. The highest BCUT2D eigenvalue weighted by molar-refractivity contribution is 6.01. The number of nitrogens with zero attached hydrogens (tertiary/aromatic N) is 2. The van der Waals surface area contributed by atoms with Gasteiger partial charge in [-0.15, -0.1) is 0 Å². The van der Waals surface area contributed by atoms with Gasteiger partial charge in [-0.3, -0.25) is 19.7 Å². The predicted molar refractivity (Wildman–Crippen MR) is 104 cm³/mol. The van der Waals surface area contributed by atoms with Crippen LogP contribution in [0.2, 0.25) is 0 Å². The van der Waals surface area contributed by atoms with Gasteiger partial charge in [0.25, 0.3) is 5.69 Å². The highest BCUT2D eigenvalue weighted by Crippen LogP contribution is 2.15. The van der Waals surface area contributed by atoms with Crippen LogP contribution < -0.4 is 5.32 Å². The van der Waals surface area contributed by atoms with Gasteiger partial charge < -0.3 is 10.2 Å². The second kappa shape index (κ2) is 9.28. The second-order valence-electron chi connectivity index (χ2n) is 6.16. The van der Waals surface area contributed by atoms with E-state index in [9.17, 15) is 19.7 Å². The van der Waals surface area contributed by atoms with E-state index in [0.29, 0.717) is 24.1 Å². The quantitative estimate of drug-likeness (QED) is 0.462. The SMILES string of the molecule is CN(C)C(=O)CCc1ccc(NC(=O)/C=C/c2cccc([N+](=O)[O-])c2)cc1. The summed E-state index contributed by atoms with van der Waals surface area (Å²) in [5, 5.41) is 13.5. The first-order valence-electron chi connectivity index (χ1n) is 8.38. The molecule has 0 aliphatic heterocycles. The van der Waals surface area contributed by atoms with E-state index in [4.69, 9.17) is 0 Å². The Labute approximate surface area is 157 Å². The van der Waals surface area contributed by atoms with Crippen molar-refractivity contribution >= 4 is 29.3 Å². The molecule has 0 saturated carbocycles. The number of rotatable bonds is 7. The lowest BCUT2D eigenvalue weighted by atomic mass is 10.1. The van der Waals surface area contributed by atoms with E-state index < -0.39 is 4.92 Å². The summed E-state index contributed by atoms with van der Waals surface area (Å²) in [5.74, 6) is -0.268. The van der Waals surface area contributed by atoms with Crippen molar-refractivity contribution in [2.24, 2.45) is 0 Å². The van der Waals surface area contributed by atoms with Gasteiger partial charge in [-0.1, -0.05) is 24.3 Å². The van der Waals surface area contributed by atoms with E-state index in [1.54, 1.807) is 43.3 Å². The molecule has 0 aliphatic rings. The average molecular weight is 367 g/mol. The van der Waals surface area contributed by atoms with Gasteiger partial charge in [0.1, 0.15) is 0 Å². The maximum atomic E-state index is 12.0. The van der Waals surface area contributed by atoms with Crippen molar-refractivity contribution in [3.8, 4) is 0 Å². The number of carbonyl (C=O) groups excluding carboxylic acids is 2. The Bertz CT molecular complexity index is 858. The molecule has 0 saturated heterocycles. The monoisotopic (exact) mass is 367 g/mol. The average Bonchev–Trinajstić information content (AvgIpc) is 2.65. The number of aryl methyl sites for hydroxylation is 1. The molecule has 0 aliphatic carbocycles. The molecule has 0 bridgehead atoms. The fourth-order valence-corrected chi connectivity index (χ4v) is 2.33. The molecule has 0 atom stereocenters. The zero-order valence-corrected chi connectivity index (χ0v) is 15.2. The molecule has 0 spiro atoms. The Morgan fingerprint density at radius 1 is 1.15 bits per heavy atom. The molecule has 2 aromatic carbocycles. The third kappa shape index (κ3) is 6.39. The van der Waals surface area contributed by atoms with Gasteiger partial charge in [-0.05, 0) is 35.8 Å². The summed E-state index contributed by atoms with van der Waals surface area (Å²) in [6.07, 6.45) is 3.91. The summed E-state index contributed by atoms with van der Waals surface area (Å²) >= 11 is 0. The number of anilines is 1. The highest BCUT2D eigenvalue weighted by atomic mass is 16.6. The number of hydrogen-bond acceptors (Lipinski definition) is 4. The van der Waals surface area contributed by atoms with Crippen LogP contribution in [0.25, 0.3) is 6.08 Å². The van der Waals surface area contributed by atoms with Crippen molar-refractivity contribution < 1.29 is 14.5 Å². The number of carbonyl (C=O) groups is 2. The van der Waals surface area contributed by atoms with Crippen LogP contribution in [0.1, 0.15) is 17.5 Å². The molecule has 0 heterocycles. The van der Waals surface area contributed by atoms with Crippen LogP contribution in [-0.4, -0.2) is 35.7 Å². The van der Waals surface area contributed by atoms with Crippen molar-refractivity contribution in [1.29, 1.82) is 0 Å². The second-order valence-corrected chi connectivity index (χ2v) is 6.16. The van der Waals surface area contributed by atoms with E-state index in [1.165, 1.54) is 24.3 Å². The summed E-state index contributed by atoms with van der Waals surface area (Å²) < 4.78 is 0. The third-order valence-corrected chi connectivity index (χ3v) is 3.86. The lowest BCUT2D eigenvalue weighted by Gasteiger charge is -2.10. The first-order valence-corrected chi connectivity index (χ1v) is 8.38. The topological polar surface area (TPSA) is 92.6 Å². The van der Waals surface area contributed by atoms with Gasteiger partial charge in [0.05, 0.1) is 4.92 Å². The van der Waals surface area contributed by atoms with Gasteiger partial charge >= 0.3 is 0 Å². The molecule has 0 aromatic heterocycles. The Balaban J connectivity index is 1.91. The maximum Gasteiger partial charge on any atom is 0.270 e. The maximum absolute atomic E-state index is 12.0. The van der Waals surface area contributed by atoms with E-state index >= 15 is 0 Å². The van der Waals surface area contributed by atoms with Gasteiger partial charge in [0.2, 0.25) is 11.8 Å². The molecule has 7 heteroatoms. The van der Waals surface area contributed by atoms with E-state index in [0.717, 1.165) is 5.56 Å². The van der Waals surface area contributed by atoms with Crippen molar-refractivity contribution in [3.05, 3.63) is 75.8 Å². The molecule has 27 heavy (non-hydrogen) atoms.